The molecule has 1 atom stereocenters. The highest BCUT2D eigenvalue weighted by Crippen LogP contribution is 2.44. The van der Waals surface area contributed by atoms with Crippen LogP contribution in [0.3, 0.4) is 0 Å². The van der Waals surface area contributed by atoms with Crippen LogP contribution < -0.4 is 5.32 Å². The van der Waals surface area contributed by atoms with Crippen LogP contribution in [0.4, 0.5) is 10.1 Å². The Morgan fingerprint density at radius 3 is 2.58 bits per heavy atom. The number of benzene rings is 2. The van der Waals surface area contributed by atoms with Crippen molar-refractivity contribution in [3.8, 4) is 0 Å². The van der Waals surface area contributed by atoms with Crippen LogP contribution in [0, 0.1) is 11.7 Å². The van der Waals surface area contributed by atoms with E-state index in [1.807, 2.05) is 24.3 Å². The van der Waals surface area contributed by atoms with Crippen LogP contribution in [0.2, 0.25) is 0 Å². The van der Waals surface area contributed by atoms with Crippen molar-refractivity contribution in [2.45, 2.75) is 37.2 Å². The Morgan fingerprint density at radius 1 is 1.12 bits per heavy atom. The molecule has 0 amide bonds. The quantitative estimate of drug-likeness (QED) is 0.723. The molecule has 5 rings (SSSR count). The van der Waals surface area contributed by atoms with E-state index in [-0.39, 0.29) is 23.1 Å². The molecule has 2 aromatic carbocycles. The first-order chi connectivity index (χ1) is 16.0. The lowest BCUT2D eigenvalue weighted by Gasteiger charge is -2.41. The normalized spacial score (nSPS) is 22.0. The van der Waals surface area contributed by atoms with E-state index in [4.69, 9.17) is 4.84 Å². The molecule has 3 aliphatic heterocycles. The van der Waals surface area contributed by atoms with E-state index in [1.54, 1.807) is 23.3 Å². The molecule has 0 aromatic heterocycles. The Labute approximate surface area is 194 Å². The van der Waals surface area contributed by atoms with Crippen LogP contribution >= 0.6 is 0 Å². The summed E-state index contributed by atoms with van der Waals surface area (Å²) >= 11 is 0. The lowest BCUT2D eigenvalue weighted by atomic mass is 9.74. The number of halogens is 1. The molecule has 2 saturated heterocycles. The number of rotatable bonds is 5. The van der Waals surface area contributed by atoms with Crippen molar-refractivity contribution in [2.24, 2.45) is 5.92 Å². The van der Waals surface area contributed by atoms with E-state index in [2.05, 4.69) is 10.2 Å². The standard InChI is InChI=1S/C26H32FN3O3/c27-21-6-7-23-22(16-21)26(18-28-23)10-14-29(15-11-26)17-24(31)19-8-12-30(13-9-19)33-25(32)20-4-2-1-3-5-20/h1-7,16,19,24,28,31H,8-15,17-18H2. The Morgan fingerprint density at radius 2 is 1.85 bits per heavy atom. The number of hydroxylamine groups is 2. The number of anilines is 1. The summed E-state index contributed by atoms with van der Waals surface area (Å²) in [5.74, 6) is -0.300. The molecule has 3 heterocycles. The topological polar surface area (TPSA) is 65.0 Å². The minimum atomic E-state index is -0.391. The van der Waals surface area contributed by atoms with Gasteiger partial charge in [-0.1, -0.05) is 18.2 Å². The second-order valence-electron chi connectivity index (χ2n) is 9.70. The zero-order valence-corrected chi connectivity index (χ0v) is 18.9. The zero-order valence-electron chi connectivity index (χ0n) is 18.9. The van der Waals surface area contributed by atoms with Gasteiger partial charge in [-0.05, 0) is 80.6 Å². The highest BCUT2D eigenvalue weighted by molar-refractivity contribution is 5.89. The summed E-state index contributed by atoms with van der Waals surface area (Å²) in [5, 5.41) is 16.1. The van der Waals surface area contributed by atoms with Gasteiger partial charge in [0.2, 0.25) is 0 Å². The Balaban J connectivity index is 1.08. The van der Waals surface area contributed by atoms with Crippen molar-refractivity contribution in [1.29, 1.82) is 0 Å². The molecule has 33 heavy (non-hydrogen) atoms. The summed E-state index contributed by atoms with van der Waals surface area (Å²) < 4.78 is 13.8. The van der Waals surface area contributed by atoms with Gasteiger partial charge >= 0.3 is 5.97 Å². The van der Waals surface area contributed by atoms with Crippen molar-refractivity contribution in [3.05, 3.63) is 65.5 Å². The fraction of sp³-hybridized carbons (Fsp3) is 0.500. The first-order valence-corrected chi connectivity index (χ1v) is 12.0. The maximum Gasteiger partial charge on any atom is 0.357 e. The smallest absolute Gasteiger partial charge is 0.357 e. The van der Waals surface area contributed by atoms with Gasteiger partial charge in [-0.15, -0.1) is 5.06 Å². The molecule has 2 aromatic rings. The molecule has 176 valence electrons. The van der Waals surface area contributed by atoms with Gasteiger partial charge in [-0.3, -0.25) is 0 Å². The minimum Gasteiger partial charge on any atom is -0.392 e. The van der Waals surface area contributed by atoms with Crippen LogP contribution in [-0.2, 0) is 10.3 Å². The molecule has 1 unspecified atom stereocenters. The number of fused-ring (bicyclic) bond motifs is 2. The number of piperidine rings is 2. The third-order valence-electron chi connectivity index (χ3n) is 7.69. The van der Waals surface area contributed by atoms with Crippen molar-refractivity contribution in [1.82, 2.24) is 9.96 Å². The average molecular weight is 454 g/mol. The summed E-state index contributed by atoms with van der Waals surface area (Å²) in [6.45, 7) is 4.61. The summed E-state index contributed by atoms with van der Waals surface area (Å²) in [5.41, 5.74) is 2.72. The first kappa shape index (κ1) is 22.3. The number of nitrogens with zero attached hydrogens (tertiary/aromatic N) is 2. The molecule has 2 fully saturated rings. The number of carbonyl (C=O) groups is 1. The van der Waals surface area contributed by atoms with E-state index in [9.17, 15) is 14.3 Å². The number of β-amino-alcohol motifs (C(OH)–C–C–N with tert-alkyl or cyclic N) is 1. The van der Waals surface area contributed by atoms with Crippen molar-refractivity contribution in [3.63, 3.8) is 0 Å². The van der Waals surface area contributed by atoms with Crippen LogP contribution in [0.15, 0.2) is 48.5 Å². The number of nitrogens with one attached hydrogen (secondary N) is 1. The van der Waals surface area contributed by atoms with Crippen LogP contribution in [0.25, 0.3) is 0 Å². The van der Waals surface area contributed by atoms with Crippen LogP contribution in [-0.4, -0.2) is 66.4 Å². The fourth-order valence-corrected chi connectivity index (χ4v) is 5.59. The van der Waals surface area contributed by atoms with Gasteiger partial charge in [0.05, 0.1) is 11.7 Å². The maximum absolute atomic E-state index is 13.8. The van der Waals surface area contributed by atoms with Gasteiger partial charge in [0.1, 0.15) is 5.82 Å². The van der Waals surface area contributed by atoms with E-state index in [0.29, 0.717) is 25.2 Å². The fourth-order valence-electron chi connectivity index (χ4n) is 5.59. The second kappa shape index (κ2) is 9.41. The van der Waals surface area contributed by atoms with Crippen LogP contribution in [0.1, 0.15) is 41.6 Å². The molecule has 6 nitrogen and oxygen atoms in total. The van der Waals surface area contributed by atoms with Gasteiger partial charge in [-0.2, -0.15) is 0 Å². The van der Waals surface area contributed by atoms with Crippen molar-refractivity contribution < 1.29 is 19.1 Å². The number of aliphatic hydroxyl groups excluding tert-OH is 1. The van der Waals surface area contributed by atoms with E-state index >= 15 is 0 Å². The van der Waals surface area contributed by atoms with Crippen molar-refractivity contribution in [2.75, 3.05) is 44.6 Å². The Bertz CT molecular complexity index is 970. The van der Waals surface area contributed by atoms with E-state index < -0.39 is 6.10 Å². The highest BCUT2D eigenvalue weighted by atomic mass is 19.1. The predicted molar refractivity (Wildman–Crippen MR) is 124 cm³/mol. The molecule has 0 radical (unpaired) electrons. The number of hydrogen-bond acceptors (Lipinski definition) is 6. The SMILES string of the molecule is O=C(ON1CCC(C(O)CN2CCC3(CC2)CNc2ccc(F)cc23)CC1)c1ccccc1. The molecular weight excluding hydrogens is 421 g/mol. The predicted octanol–water partition coefficient (Wildman–Crippen LogP) is 3.43. The molecule has 2 N–H and O–H groups in total. The summed E-state index contributed by atoms with van der Waals surface area (Å²) in [6.07, 6.45) is 3.15. The summed E-state index contributed by atoms with van der Waals surface area (Å²) in [4.78, 5) is 20.1. The van der Waals surface area contributed by atoms with Gasteiger partial charge in [0.15, 0.2) is 0 Å². The highest BCUT2D eigenvalue weighted by Gasteiger charge is 2.42. The van der Waals surface area contributed by atoms with Gasteiger partial charge in [-0.25, -0.2) is 9.18 Å². The molecule has 7 heteroatoms. The molecular formula is C26H32FN3O3. The second-order valence-corrected chi connectivity index (χ2v) is 9.70. The third kappa shape index (κ3) is 4.76. The van der Waals surface area contributed by atoms with Crippen molar-refractivity contribution >= 4 is 11.7 Å². The first-order valence-electron chi connectivity index (χ1n) is 12.0. The van der Waals surface area contributed by atoms with Gasteiger partial charge in [0.25, 0.3) is 0 Å². The lowest BCUT2D eigenvalue weighted by molar-refractivity contribution is -0.133. The van der Waals surface area contributed by atoms with Crippen LogP contribution in [0.5, 0.6) is 0 Å². The number of likely N-dealkylation sites (tertiary alicyclic amines) is 1. The lowest BCUT2D eigenvalue weighted by Crippen LogP contribution is -2.48. The number of hydrogen-bond donors (Lipinski definition) is 2. The maximum atomic E-state index is 13.8. The monoisotopic (exact) mass is 453 g/mol. The van der Waals surface area contributed by atoms with E-state index in [1.165, 1.54) is 6.07 Å². The summed E-state index contributed by atoms with van der Waals surface area (Å²) in [6, 6.07) is 14.1. The number of aliphatic hydroxyl groups is 1. The third-order valence-corrected chi connectivity index (χ3v) is 7.69. The zero-order chi connectivity index (χ0) is 22.8. The molecule has 0 saturated carbocycles. The molecule has 3 aliphatic rings. The largest absolute Gasteiger partial charge is 0.392 e. The Kier molecular flexibility index (Phi) is 6.36. The van der Waals surface area contributed by atoms with E-state index in [0.717, 1.165) is 56.6 Å². The molecule has 0 aliphatic carbocycles. The molecule has 0 bridgehead atoms. The Hall–Kier alpha value is -2.48. The van der Waals surface area contributed by atoms with Gasteiger partial charge in [0, 0.05) is 37.3 Å². The minimum absolute atomic E-state index is 0.00680. The summed E-state index contributed by atoms with van der Waals surface area (Å²) in [7, 11) is 0. The number of carbonyl (C=O) groups excluding carboxylic acids is 1. The average Bonchev–Trinajstić information content (AvgIpc) is 3.18. The molecule has 1 spiro atoms. The van der Waals surface area contributed by atoms with Gasteiger partial charge < -0.3 is 20.2 Å².